The quantitative estimate of drug-likeness (QED) is 0.887. The Balaban J connectivity index is 1.75. The number of anilines is 1. The third kappa shape index (κ3) is 3.05. The van der Waals surface area contributed by atoms with Crippen LogP contribution in [-0.4, -0.2) is 35.0 Å². The summed E-state index contributed by atoms with van der Waals surface area (Å²) in [7, 11) is 0. The maximum Gasteiger partial charge on any atom is 0.321 e. The van der Waals surface area contributed by atoms with Gasteiger partial charge in [-0.1, -0.05) is 0 Å². The first-order chi connectivity index (χ1) is 10.2. The summed E-state index contributed by atoms with van der Waals surface area (Å²) in [5.41, 5.74) is 7.13. The van der Waals surface area contributed by atoms with Gasteiger partial charge in [-0.3, -0.25) is 4.98 Å². The smallest absolute Gasteiger partial charge is 0.321 e. The normalized spacial score (nSPS) is 16.0. The van der Waals surface area contributed by atoms with Crippen molar-refractivity contribution in [2.24, 2.45) is 5.73 Å². The first-order valence-electron chi connectivity index (χ1n) is 7.04. The Morgan fingerprint density at radius 2 is 2.14 bits per heavy atom. The van der Waals surface area contributed by atoms with Gasteiger partial charge in [0.05, 0.1) is 12.0 Å². The number of hydrogen-bond acceptors (Lipinski definition) is 4. The second kappa shape index (κ2) is 5.97. The minimum absolute atomic E-state index is 0.122. The van der Waals surface area contributed by atoms with Gasteiger partial charge in [0, 0.05) is 25.3 Å². The Bertz CT molecular complexity index is 604. The number of piperidine rings is 1. The third-order valence-corrected chi connectivity index (χ3v) is 3.63. The number of pyridine rings is 1. The van der Waals surface area contributed by atoms with Crippen LogP contribution in [0, 0.1) is 0 Å². The molecule has 2 aromatic rings. The Morgan fingerprint density at radius 3 is 2.86 bits per heavy atom. The van der Waals surface area contributed by atoms with E-state index in [0.717, 1.165) is 12.8 Å². The molecule has 110 valence electrons. The fraction of sp³-hybridized carbons (Fsp3) is 0.333. The van der Waals surface area contributed by atoms with Crippen LogP contribution in [0.1, 0.15) is 12.8 Å². The zero-order valence-electron chi connectivity index (χ0n) is 11.7. The number of furan rings is 1. The molecule has 0 spiro atoms. The van der Waals surface area contributed by atoms with Crippen molar-refractivity contribution in [3.05, 3.63) is 36.7 Å². The Morgan fingerprint density at radius 1 is 1.33 bits per heavy atom. The standard InChI is InChI=1S/C15H18N4O2/c16-11-5-8-19(9-6-11)15(20)18-12-3-1-7-17-14(12)13-4-2-10-21-13/h1-4,7,10-11H,5-6,8-9,16H2,(H,18,20). The lowest BCUT2D eigenvalue weighted by Crippen LogP contribution is -2.44. The molecule has 2 aromatic heterocycles. The lowest BCUT2D eigenvalue weighted by atomic mass is 10.1. The van der Waals surface area contributed by atoms with Crippen LogP contribution < -0.4 is 11.1 Å². The van der Waals surface area contributed by atoms with Crippen molar-refractivity contribution in [2.75, 3.05) is 18.4 Å². The van der Waals surface area contributed by atoms with Crippen LogP contribution in [0.3, 0.4) is 0 Å². The van der Waals surface area contributed by atoms with Crippen LogP contribution in [-0.2, 0) is 0 Å². The molecule has 0 aromatic carbocycles. The molecule has 0 bridgehead atoms. The molecule has 3 rings (SSSR count). The maximum atomic E-state index is 12.3. The summed E-state index contributed by atoms with van der Waals surface area (Å²) in [6.45, 7) is 1.37. The number of carbonyl (C=O) groups is 1. The number of rotatable bonds is 2. The summed E-state index contributed by atoms with van der Waals surface area (Å²) in [5, 5.41) is 2.91. The van der Waals surface area contributed by atoms with E-state index in [0.29, 0.717) is 30.2 Å². The highest BCUT2D eigenvalue weighted by Gasteiger charge is 2.21. The van der Waals surface area contributed by atoms with E-state index >= 15 is 0 Å². The monoisotopic (exact) mass is 286 g/mol. The number of nitrogens with one attached hydrogen (secondary N) is 1. The number of carbonyl (C=O) groups excluding carboxylic acids is 1. The van der Waals surface area contributed by atoms with Crippen molar-refractivity contribution >= 4 is 11.7 Å². The molecule has 1 saturated heterocycles. The number of aromatic nitrogens is 1. The number of nitrogens with zero attached hydrogens (tertiary/aromatic N) is 2. The van der Waals surface area contributed by atoms with Crippen LogP contribution >= 0.6 is 0 Å². The Labute approximate surface area is 122 Å². The highest BCUT2D eigenvalue weighted by atomic mass is 16.3. The Hall–Kier alpha value is -2.34. The molecule has 0 saturated carbocycles. The van der Waals surface area contributed by atoms with Crippen molar-refractivity contribution in [3.8, 4) is 11.5 Å². The van der Waals surface area contributed by atoms with Gasteiger partial charge in [-0.05, 0) is 37.1 Å². The zero-order valence-corrected chi connectivity index (χ0v) is 11.7. The van der Waals surface area contributed by atoms with E-state index in [1.54, 1.807) is 29.5 Å². The average Bonchev–Trinajstić information content (AvgIpc) is 3.02. The molecule has 21 heavy (non-hydrogen) atoms. The first kappa shape index (κ1) is 13.6. The average molecular weight is 286 g/mol. The SMILES string of the molecule is NC1CCN(C(=O)Nc2cccnc2-c2ccco2)CC1. The lowest BCUT2D eigenvalue weighted by Gasteiger charge is -2.30. The van der Waals surface area contributed by atoms with Gasteiger partial charge in [0.15, 0.2) is 5.76 Å². The van der Waals surface area contributed by atoms with E-state index in [1.807, 2.05) is 12.1 Å². The number of nitrogens with two attached hydrogens (primary N) is 1. The van der Waals surface area contributed by atoms with Crippen LogP contribution in [0.25, 0.3) is 11.5 Å². The molecule has 0 unspecified atom stereocenters. The predicted octanol–water partition coefficient (Wildman–Crippen LogP) is 2.30. The van der Waals surface area contributed by atoms with Gasteiger partial charge >= 0.3 is 6.03 Å². The van der Waals surface area contributed by atoms with Crippen molar-refractivity contribution in [1.29, 1.82) is 0 Å². The molecule has 6 nitrogen and oxygen atoms in total. The summed E-state index contributed by atoms with van der Waals surface area (Å²) in [6, 6.07) is 7.29. The molecule has 1 aliphatic rings. The Kier molecular flexibility index (Phi) is 3.87. The predicted molar refractivity (Wildman–Crippen MR) is 79.7 cm³/mol. The first-order valence-corrected chi connectivity index (χ1v) is 7.04. The van der Waals surface area contributed by atoms with Gasteiger partial charge in [-0.2, -0.15) is 0 Å². The third-order valence-electron chi connectivity index (χ3n) is 3.63. The molecular weight excluding hydrogens is 268 g/mol. The molecule has 1 aliphatic heterocycles. The summed E-state index contributed by atoms with van der Waals surface area (Å²) < 4.78 is 5.36. The molecular formula is C15H18N4O2. The largest absolute Gasteiger partial charge is 0.463 e. The highest BCUT2D eigenvalue weighted by Crippen LogP contribution is 2.26. The molecule has 3 N–H and O–H groups in total. The lowest BCUT2D eigenvalue weighted by molar-refractivity contribution is 0.195. The van der Waals surface area contributed by atoms with Crippen molar-refractivity contribution in [2.45, 2.75) is 18.9 Å². The second-order valence-electron chi connectivity index (χ2n) is 5.13. The molecule has 0 atom stereocenters. The molecule has 0 radical (unpaired) electrons. The molecule has 0 aliphatic carbocycles. The zero-order chi connectivity index (χ0) is 14.7. The highest BCUT2D eigenvalue weighted by molar-refractivity contribution is 5.93. The minimum Gasteiger partial charge on any atom is -0.463 e. The van der Waals surface area contributed by atoms with Gasteiger partial charge in [0.2, 0.25) is 0 Å². The summed E-state index contributed by atoms with van der Waals surface area (Å²) in [5.74, 6) is 0.631. The number of likely N-dealkylation sites (tertiary alicyclic amines) is 1. The van der Waals surface area contributed by atoms with Crippen molar-refractivity contribution < 1.29 is 9.21 Å². The van der Waals surface area contributed by atoms with E-state index in [4.69, 9.17) is 10.2 Å². The topological polar surface area (TPSA) is 84.4 Å². The van der Waals surface area contributed by atoms with Crippen molar-refractivity contribution in [1.82, 2.24) is 9.88 Å². The van der Waals surface area contributed by atoms with Crippen molar-refractivity contribution in [3.63, 3.8) is 0 Å². The molecule has 2 amide bonds. The summed E-state index contributed by atoms with van der Waals surface area (Å²) in [4.78, 5) is 18.4. The molecule has 1 fully saturated rings. The molecule has 6 heteroatoms. The van der Waals surface area contributed by atoms with E-state index in [1.165, 1.54) is 0 Å². The van der Waals surface area contributed by atoms with Crippen LogP contribution in [0.15, 0.2) is 41.1 Å². The van der Waals surface area contributed by atoms with Gasteiger partial charge in [0.1, 0.15) is 5.69 Å². The van der Waals surface area contributed by atoms with Gasteiger partial charge < -0.3 is 20.4 Å². The van der Waals surface area contributed by atoms with Gasteiger partial charge in [0.25, 0.3) is 0 Å². The summed E-state index contributed by atoms with van der Waals surface area (Å²) >= 11 is 0. The van der Waals surface area contributed by atoms with E-state index in [9.17, 15) is 4.79 Å². The number of urea groups is 1. The fourth-order valence-corrected chi connectivity index (χ4v) is 2.41. The minimum atomic E-state index is -0.122. The maximum absolute atomic E-state index is 12.3. The van der Waals surface area contributed by atoms with E-state index < -0.39 is 0 Å². The van der Waals surface area contributed by atoms with Crippen LogP contribution in [0.4, 0.5) is 10.5 Å². The number of amides is 2. The molecule has 3 heterocycles. The van der Waals surface area contributed by atoms with E-state index in [-0.39, 0.29) is 12.1 Å². The van der Waals surface area contributed by atoms with Crippen LogP contribution in [0.2, 0.25) is 0 Å². The fourth-order valence-electron chi connectivity index (χ4n) is 2.41. The summed E-state index contributed by atoms with van der Waals surface area (Å²) in [6.07, 6.45) is 4.94. The van der Waals surface area contributed by atoms with Crippen LogP contribution in [0.5, 0.6) is 0 Å². The van der Waals surface area contributed by atoms with E-state index in [2.05, 4.69) is 10.3 Å². The van der Waals surface area contributed by atoms with Gasteiger partial charge in [-0.15, -0.1) is 0 Å². The second-order valence-corrected chi connectivity index (χ2v) is 5.13. The number of hydrogen-bond donors (Lipinski definition) is 2. The van der Waals surface area contributed by atoms with Gasteiger partial charge in [-0.25, -0.2) is 4.79 Å².